The lowest BCUT2D eigenvalue weighted by molar-refractivity contribution is -0.251. The summed E-state index contributed by atoms with van der Waals surface area (Å²) in [6.07, 6.45) is -2.28. The fourth-order valence-electron chi connectivity index (χ4n) is 3.67. The molecule has 2 heterocycles. The predicted octanol–water partition coefficient (Wildman–Crippen LogP) is 4.20. The van der Waals surface area contributed by atoms with Crippen LogP contribution < -0.4 is 10.4 Å². The lowest BCUT2D eigenvalue weighted by Crippen LogP contribution is -2.42. The van der Waals surface area contributed by atoms with Gasteiger partial charge in [0.15, 0.2) is 5.58 Å². The average molecular weight is 466 g/mol. The van der Waals surface area contributed by atoms with Crippen LogP contribution in [-0.4, -0.2) is 35.9 Å². The largest absolute Gasteiger partial charge is 0.530 e. The van der Waals surface area contributed by atoms with Crippen molar-refractivity contribution in [3.8, 4) is 11.1 Å². The van der Waals surface area contributed by atoms with Gasteiger partial charge in [-0.05, 0) is 35.9 Å². The summed E-state index contributed by atoms with van der Waals surface area (Å²) < 4.78 is 47.1. The van der Waals surface area contributed by atoms with Crippen LogP contribution >= 0.6 is 11.6 Å². The van der Waals surface area contributed by atoms with E-state index in [1.54, 1.807) is 12.1 Å². The fraction of sp³-hybridized carbons (Fsp3) is 0.273. The molecule has 10 heteroatoms. The van der Waals surface area contributed by atoms with E-state index in [0.29, 0.717) is 22.3 Å². The molecule has 1 N–H and O–H groups in total. The zero-order chi connectivity index (χ0) is 23.0. The number of alkyl halides is 2. The highest BCUT2D eigenvalue weighted by atomic mass is 35.5. The Morgan fingerprint density at radius 1 is 1.16 bits per heavy atom. The van der Waals surface area contributed by atoms with E-state index in [0.717, 1.165) is 6.07 Å². The van der Waals surface area contributed by atoms with Crippen molar-refractivity contribution in [3.63, 3.8) is 0 Å². The second-order valence-corrected chi connectivity index (χ2v) is 7.98. The van der Waals surface area contributed by atoms with E-state index in [9.17, 15) is 27.9 Å². The van der Waals surface area contributed by atoms with Crippen LogP contribution in [0.25, 0.3) is 22.1 Å². The quantitative estimate of drug-likeness (QED) is 0.626. The Bertz CT molecular complexity index is 1200. The second kappa shape index (κ2) is 8.38. The predicted molar refractivity (Wildman–Crippen MR) is 109 cm³/mol. The van der Waals surface area contributed by atoms with Crippen molar-refractivity contribution in [2.45, 2.75) is 25.3 Å². The summed E-state index contributed by atoms with van der Waals surface area (Å²) in [6.45, 7) is -0.287. The highest BCUT2D eigenvalue weighted by molar-refractivity contribution is 6.35. The summed E-state index contributed by atoms with van der Waals surface area (Å²) in [5.74, 6) is -3.65. The Balaban J connectivity index is 1.58. The highest BCUT2D eigenvalue weighted by Crippen LogP contribution is 2.34. The topological polar surface area (TPSA) is 85.6 Å². The standard InChI is InChI=1S/C22H18ClF3N2O4/c23-17-9-13(7-14-8-15(32-19(14)17)11-27-21(30)31)16-2-1-12(10-18(16)24)20(29)28-5-3-22(25,26)4-6-28/h1-2,7-10,27H,3-6,11H2,(H,30,31)/p-1. The third-order valence-electron chi connectivity index (χ3n) is 5.34. The maximum atomic E-state index is 14.9. The number of fused-ring (bicyclic) bond motifs is 1. The van der Waals surface area contributed by atoms with Crippen LogP contribution in [0, 0.1) is 5.82 Å². The molecular weight excluding hydrogens is 449 g/mol. The van der Waals surface area contributed by atoms with Crippen molar-refractivity contribution >= 4 is 34.6 Å². The van der Waals surface area contributed by atoms with Crippen LogP contribution in [0.15, 0.2) is 40.8 Å². The maximum Gasteiger partial charge on any atom is 0.253 e. The number of benzene rings is 2. The van der Waals surface area contributed by atoms with Gasteiger partial charge >= 0.3 is 0 Å². The highest BCUT2D eigenvalue weighted by Gasteiger charge is 2.35. The summed E-state index contributed by atoms with van der Waals surface area (Å²) in [5, 5.41) is 13.4. The Hall–Kier alpha value is -3.20. The van der Waals surface area contributed by atoms with Gasteiger partial charge in [-0.3, -0.25) is 4.79 Å². The van der Waals surface area contributed by atoms with E-state index < -0.39 is 36.6 Å². The van der Waals surface area contributed by atoms with Gasteiger partial charge in [0, 0.05) is 42.4 Å². The smallest absolute Gasteiger partial charge is 0.253 e. The van der Waals surface area contributed by atoms with Gasteiger partial charge in [0.1, 0.15) is 17.7 Å². The van der Waals surface area contributed by atoms with Crippen molar-refractivity contribution < 1.29 is 32.3 Å². The van der Waals surface area contributed by atoms with Crippen LogP contribution in [0.5, 0.6) is 0 Å². The molecule has 1 saturated heterocycles. The lowest BCUT2D eigenvalue weighted by atomic mass is 10.0. The Kier molecular flexibility index (Phi) is 5.77. The zero-order valence-electron chi connectivity index (χ0n) is 16.6. The van der Waals surface area contributed by atoms with Gasteiger partial charge in [0.25, 0.3) is 11.8 Å². The number of halogens is 4. The van der Waals surface area contributed by atoms with Crippen molar-refractivity contribution in [1.29, 1.82) is 0 Å². The van der Waals surface area contributed by atoms with E-state index in [-0.39, 0.29) is 35.8 Å². The Morgan fingerprint density at radius 2 is 1.88 bits per heavy atom. The van der Waals surface area contributed by atoms with Gasteiger partial charge in [-0.25, -0.2) is 13.2 Å². The number of carbonyl (C=O) groups is 2. The molecule has 0 radical (unpaired) electrons. The molecule has 1 aromatic heterocycles. The van der Waals surface area contributed by atoms with Gasteiger partial charge in [0.05, 0.1) is 11.6 Å². The molecule has 2 aromatic carbocycles. The molecule has 0 bridgehead atoms. The van der Waals surface area contributed by atoms with Gasteiger partial charge in [-0.2, -0.15) is 0 Å². The molecule has 2 amide bonds. The summed E-state index contributed by atoms with van der Waals surface area (Å²) in [4.78, 5) is 24.4. The molecule has 4 rings (SSSR count). The van der Waals surface area contributed by atoms with Crippen molar-refractivity contribution in [3.05, 3.63) is 58.6 Å². The van der Waals surface area contributed by atoms with E-state index in [1.807, 2.05) is 0 Å². The number of hydrogen-bond donors (Lipinski definition) is 1. The van der Waals surface area contributed by atoms with Gasteiger partial charge < -0.3 is 24.5 Å². The SMILES string of the molecule is O=C([O-])NCc1cc2cc(-c3ccc(C(=O)N4CCC(F)(F)CC4)cc3F)cc(Cl)c2o1. The number of hydrogen-bond acceptors (Lipinski definition) is 4. The third kappa shape index (κ3) is 4.52. The van der Waals surface area contributed by atoms with E-state index in [1.165, 1.54) is 23.1 Å². The van der Waals surface area contributed by atoms with E-state index in [4.69, 9.17) is 16.0 Å². The van der Waals surface area contributed by atoms with Crippen LogP contribution in [0.4, 0.5) is 18.0 Å². The van der Waals surface area contributed by atoms with Crippen molar-refractivity contribution in [2.24, 2.45) is 0 Å². The molecule has 0 unspecified atom stereocenters. The summed E-state index contributed by atoms with van der Waals surface area (Å²) in [7, 11) is 0. The molecule has 1 fully saturated rings. The minimum absolute atomic E-state index is 0.0718. The number of piperidine rings is 1. The molecule has 0 atom stereocenters. The van der Waals surface area contributed by atoms with Crippen LogP contribution in [0.1, 0.15) is 29.0 Å². The zero-order valence-corrected chi connectivity index (χ0v) is 17.3. The molecule has 0 saturated carbocycles. The molecular formula is C22H17ClF3N2O4-. The minimum atomic E-state index is -2.78. The van der Waals surface area contributed by atoms with E-state index in [2.05, 4.69) is 5.32 Å². The van der Waals surface area contributed by atoms with Gasteiger partial charge in [-0.1, -0.05) is 17.7 Å². The second-order valence-electron chi connectivity index (χ2n) is 7.57. The number of nitrogens with one attached hydrogen (secondary N) is 1. The molecule has 1 aliphatic heterocycles. The summed E-state index contributed by atoms with van der Waals surface area (Å²) >= 11 is 6.26. The van der Waals surface area contributed by atoms with Crippen LogP contribution in [0.2, 0.25) is 5.02 Å². The van der Waals surface area contributed by atoms with Gasteiger partial charge in [0.2, 0.25) is 0 Å². The number of rotatable bonds is 4. The molecule has 6 nitrogen and oxygen atoms in total. The van der Waals surface area contributed by atoms with Crippen LogP contribution in [-0.2, 0) is 6.54 Å². The molecule has 3 aromatic rings. The molecule has 1 aliphatic rings. The minimum Gasteiger partial charge on any atom is -0.530 e. The summed E-state index contributed by atoms with van der Waals surface area (Å²) in [6, 6.07) is 8.64. The molecule has 0 aliphatic carbocycles. The number of carboxylic acid groups (broad SMARTS) is 1. The first-order valence-electron chi connectivity index (χ1n) is 9.77. The maximum absolute atomic E-state index is 14.9. The third-order valence-corrected chi connectivity index (χ3v) is 5.62. The Morgan fingerprint density at radius 3 is 2.53 bits per heavy atom. The normalized spacial score (nSPS) is 15.7. The monoisotopic (exact) mass is 465 g/mol. The lowest BCUT2D eigenvalue weighted by Gasteiger charge is -2.31. The number of furan rings is 1. The molecule has 32 heavy (non-hydrogen) atoms. The van der Waals surface area contributed by atoms with Crippen molar-refractivity contribution in [2.75, 3.05) is 13.1 Å². The first kappa shape index (κ1) is 22.0. The Labute approximate surface area is 185 Å². The number of amides is 2. The van der Waals surface area contributed by atoms with E-state index >= 15 is 0 Å². The average Bonchev–Trinajstić information content (AvgIpc) is 3.15. The number of nitrogens with zero attached hydrogens (tertiary/aromatic N) is 1. The molecule has 0 spiro atoms. The number of likely N-dealkylation sites (tertiary alicyclic amines) is 1. The van der Waals surface area contributed by atoms with Gasteiger partial charge in [-0.15, -0.1) is 0 Å². The number of carbonyl (C=O) groups excluding carboxylic acids is 2. The fourth-order valence-corrected chi connectivity index (χ4v) is 3.93. The first-order chi connectivity index (χ1) is 15.1. The first-order valence-corrected chi connectivity index (χ1v) is 10.1. The van der Waals surface area contributed by atoms with Crippen LogP contribution in [0.3, 0.4) is 0 Å². The summed E-state index contributed by atoms with van der Waals surface area (Å²) in [5.41, 5.74) is 1.00. The molecule has 168 valence electrons. The van der Waals surface area contributed by atoms with Crippen molar-refractivity contribution in [1.82, 2.24) is 10.2 Å².